The fraction of sp³-hybridized carbons (Fsp3) is 0.154. The minimum absolute atomic E-state index is 0.0233. The highest BCUT2D eigenvalue weighted by atomic mass is 32.2. The second kappa shape index (κ2) is 6.80. The molecule has 1 heterocycles. The van der Waals surface area contributed by atoms with E-state index in [9.17, 15) is 4.79 Å². The fourth-order valence-corrected chi connectivity index (χ4v) is 2.51. The number of thioether (sulfide) groups is 1. The van der Waals surface area contributed by atoms with Gasteiger partial charge in [0.15, 0.2) is 11.0 Å². The van der Waals surface area contributed by atoms with Crippen molar-refractivity contribution in [3.05, 3.63) is 51.9 Å². The van der Waals surface area contributed by atoms with Gasteiger partial charge in [0.25, 0.3) is 5.56 Å². The van der Waals surface area contributed by atoms with Crippen LogP contribution < -0.4 is 16.0 Å². The minimum Gasteiger partial charge on any atom is -0.496 e. The van der Waals surface area contributed by atoms with Crippen LogP contribution in [0.4, 0.5) is 0 Å². The maximum absolute atomic E-state index is 11.2. The molecular formula is C13H14N4O3S. The quantitative estimate of drug-likeness (QED) is 0.191. The number of nitrogens with zero attached hydrogens (tertiary/aromatic N) is 2. The van der Waals surface area contributed by atoms with Crippen LogP contribution in [0.25, 0.3) is 0 Å². The molecular weight excluding hydrogens is 292 g/mol. The molecule has 0 saturated carbocycles. The zero-order valence-corrected chi connectivity index (χ0v) is 12.1. The number of aromatic amines is 1. The zero-order valence-electron chi connectivity index (χ0n) is 11.2. The molecule has 0 aliphatic rings. The van der Waals surface area contributed by atoms with Crippen LogP contribution in [0.3, 0.4) is 0 Å². The van der Waals surface area contributed by atoms with Gasteiger partial charge in [-0.1, -0.05) is 16.9 Å². The summed E-state index contributed by atoms with van der Waals surface area (Å²) < 4.78 is 5.28. The van der Waals surface area contributed by atoms with Crippen molar-refractivity contribution in [2.24, 2.45) is 10.9 Å². The van der Waals surface area contributed by atoms with Gasteiger partial charge in [0.1, 0.15) is 5.75 Å². The van der Waals surface area contributed by atoms with Crippen molar-refractivity contribution in [1.82, 2.24) is 9.97 Å². The molecule has 0 saturated heterocycles. The van der Waals surface area contributed by atoms with Gasteiger partial charge in [-0.25, -0.2) is 4.98 Å². The molecule has 0 aliphatic carbocycles. The molecule has 0 aliphatic heterocycles. The van der Waals surface area contributed by atoms with E-state index < -0.39 is 0 Å². The Kier molecular flexibility index (Phi) is 4.83. The van der Waals surface area contributed by atoms with Gasteiger partial charge in [-0.15, -0.1) is 0 Å². The largest absolute Gasteiger partial charge is 0.496 e. The number of benzene rings is 1. The first kappa shape index (κ1) is 14.9. The van der Waals surface area contributed by atoms with E-state index in [1.807, 2.05) is 0 Å². The summed E-state index contributed by atoms with van der Waals surface area (Å²) in [6, 6.07) is 6.56. The maximum Gasteiger partial charge on any atom is 0.251 e. The molecule has 1 aromatic carbocycles. The van der Waals surface area contributed by atoms with Crippen molar-refractivity contribution in [3.63, 3.8) is 0 Å². The van der Waals surface area contributed by atoms with Crippen LogP contribution in [0.5, 0.6) is 5.75 Å². The van der Waals surface area contributed by atoms with Crippen molar-refractivity contribution in [2.45, 2.75) is 10.9 Å². The summed E-state index contributed by atoms with van der Waals surface area (Å²) in [6.07, 6.45) is 1.45. The highest BCUT2D eigenvalue weighted by Crippen LogP contribution is 2.26. The Labute approximate surface area is 124 Å². The minimum atomic E-state index is -0.204. The van der Waals surface area contributed by atoms with Crippen LogP contribution in [0.2, 0.25) is 0 Å². The maximum atomic E-state index is 11.2. The van der Waals surface area contributed by atoms with Gasteiger partial charge in [-0.05, 0) is 18.2 Å². The Morgan fingerprint density at radius 3 is 3.00 bits per heavy atom. The lowest BCUT2D eigenvalue weighted by atomic mass is 10.1. The molecule has 8 heteroatoms. The van der Waals surface area contributed by atoms with Crippen molar-refractivity contribution >= 4 is 17.6 Å². The third kappa shape index (κ3) is 3.76. The third-order valence-corrected chi connectivity index (χ3v) is 3.63. The first-order valence-electron chi connectivity index (χ1n) is 5.97. The van der Waals surface area contributed by atoms with E-state index in [0.717, 1.165) is 5.56 Å². The molecule has 0 atom stereocenters. The molecule has 2 rings (SSSR count). The van der Waals surface area contributed by atoms with E-state index in [-0.39, 0.29) is 11.4 Å². The van der Waals surface area contributed by atoms with Crippen molar-refractivity contribution in [2.75, 3.05) is 7.11 Å². The summed E-state index contributed by atoms with van der Waals surface area (Å²) in [5.74, 6) is 1.22. The summed E-state index contributed by atoms with van der Waals surface area (Å²) in [7, 11) is 1.56. The molecule has 0 radical (unpaired) electrons. The molecule has 0 unspecified atom stereocenters. The Morgan fingerprint density at radius 1 is 1.52 bits per heavy atom. The van der Waals surface area contributed by atoms with Crippen molar-refractivity contribution < 1.29 is 9.94 Å². The van der Waals surface area contributed by atoms with Gasteiger partial charge in [-0.3, -0.25) is 4.79 Å². The number of amidine groups is 1. The predicted molar refractivity (Wildman–Crippen MR) is 79.9 cm³/mol. The summed E-state index contributed by atoms with van der Waals surface area (Å²) in [4.78, 5) is 17.9. The molecule has 4 N–H and O–H groups in total. The van der Waals surface area contributed by atoms with E-state index in [0.29, 0.717) is 22.2 Å². The standard InChI is InChI=1S/C13H14N4O3S/c1-20-10-3-2-8(12(14)17-19)6-9(10)7-21-13-15-5-4-11(18)16-13/h2-6,19H,7H2,1H3,(H2,14,17)(H,15,16,18). The Hall–Kier alpha value is -2.48. The van der Waals surface area contributed by atoms with Gasteiger partial charge >= 0.3 is 0 Å². The van der Waals surface area contributed by atoms with Gasteiger partial charge in [0.05, 0.1) is 7.11 Å². The first-order valence-corrected chi connectivity index (χ1v) is 6.95. The smallest absolute Gasteiger partial charge is 0.251 e. The number of aromatic nitrogens is 2. The normalized spacial score (nSPS) is 11.4. The molecule has 0 bridgehead atoms. The number of methoxy groups -OCH3 is 1. The summed E-state index contributed by atoms with van der Waals surface area (Å²) in [5.41, 5.74) is 6.80. The first-order chi connectivity index (χ1) is 10.1. The second-order valence-electron chi connectivity index (χ2n) is 4.04. The Bertz CT molecular complexity index is 715. The second-order valence-corrected chi connectivity index (χ2v) is 5.00. The van der Waals surface area contributed by atoms with Crippen LogP contribution in [0, 0.1) is 0 Å². The molecule has 0 fully saturated rings. The molecule has 7 nitrogen and oxygen atoms in total. The molecule has 0 spiro atoms. The van der Waals surface area contributed by atoms with Gasteiger partial charge < -0.3 is 20.7 Å². The average Bonchev–Trinajstić information content (AvgIpc) is 2.52. The number of rotatable bonds is 5. The lowest BCUT2D eigenvalue weighted by Gasteiger charge is -2.09. The number of hydrogen-bond donors (Lipinski definition) is 3. The fourth-order valence-electron chi connectivity index (χ4n) is 1.68. The highest BCUT2D eigenvalue weighted by Gasteiger charge is 2.08. The van der Waals surface area contributed by atoms with Crippen LogP contribution in [0.15, 0.2) is 45.6 Å². The van der Waals surface area contributed by atoms with E-state index in [4.69, 9.17) is 15.7 Å². The van der Waals surface area contributed by atoms with E-state index in [2.05, 4.69) is 15.1 Å². The van der Waals surface area contributed by atoms with E-state index >= 15 is 0 Å². The number of hydrogen-bond acceptors (Lipinski definition) is 6. The molecule has 21 heavy (non-hydrogen) atoms. The molecule has 0 amide bonds. The zero-order chi connectivity index (χ0) is 15.2. The van der Waals surface area contributed by atoms with Crippen LogP contribution in [-0.2, 0) is 5.75 Å². The van der Waals surface area contributed by atoms with Crippen molar-refractivity contribution in [1.29, 1.82) is 0 Å². The predicted octanol–water partition coefficient (Wildman–Crippen LogP) is 1.17. The van der Waals surface area contributed by atoms with Gasteiger partial charge in [0.2, 0.25) is 0 Å². The number of nitrogens with one attached hydrogen (secondary N) is 1. The monoisotopic (exact) mass is 306 g/mol. The third-order valence-electron chi connectivity index (χ3n) is 2.70. The lowest BCUT2D eigenvalue weighted by molar-refractivity contribution is 0.318. The van der Waals surface area contributed by atoms with E-state index in [1.54, 1.807) is 25.3 Å². The summed E-state index contributed by atoms with van der Waals surface area (Å²) in [6.45, 7) is 0. The number of oxime groups is 1. The summed E-state index contributed by atoms with van der Waals surface area (Å²) in [5, 5.41) is 12.2. The average molecular weight is 306 g/mol. The van der Waals surface area contributed by atoms with Crippen LogP contribution >= 0.6 is 11.8 Å². The molecule has 1 aromatic heterocycles. The number of H-pyrrole nitrogens is 1. The van der Waals surface area contributed by atoms with E-state index in [1.165, 1.54) is 24.0 Å². The van der Waals surface area contributed by atoms with Gasteiger partial charge in [-0.2, -0.15) is 0 Å². The highest BCUT2D eigenvalue weighted by molar-refractivity contribution is 7.98. The van der Waals surface area contributed by atoms with Crippen LogP contribution in [-0.4, -0.2) is 28.1 Å². The summed E-state index contributed by atoms with van der Waals surface area (Å²) >= 11 is 1.36. The molecule has 2 aromatic rings. The number of ether oxygens (including phenoxy) is 1. The Morgan fingerprint density at radius 2 is 2.33 bits per heavy atom. The lowest BCUT2D eigenvalue weighted by Crippen LogP contribution is -2.13. The Balaban J connectivity index is 2.23. The number of nitrogens with two attached hydrogens (primary N) is 1. The SMILES string of the molecule is COc1ccc(/C(N)=N/O)cc1CSc1nccc(=O)[nH]1. The molecule has 110 valence electrons. The van der Waals surface area contributed by atoms with Crippen molar-refractivity contribution in [3.8, 4) is 5.75 Å². The van der Waals surface area contributed by atoms with Crippen LogP contribution in [0.1, 0.15) is 11.1 Å². The topological polar surface area (TPSA) is 114 Å². The van der Waals surface area contributed by atoms with Gasteiger partial charge in [0, 0.05) is 29.1 Å².